The molecule has 0 radical (unpaired) electrons. The Bertz CT molecular complexity index is 530. The highest BCUT2D eigenvalue weighted by molar-refractivity contribution is 5.85. The Kier molecular flexibility index (Phi) is 4.20. The molecule has 2 unspecified atom stereocenters. The molecule has 0 aliphatic carbocycles. The molecule has 0 bridgehead atoms. The maximum atomic E-state index is 13.0. The molecule has 5 nitrogen and oxygen atoms in total. The molecule has 1 saturated heterocycles. The maximum Gasteiger partial charge on any atom is 0.244 e. The lowest BCUT2D eigenvalue weighted by atomic mass is 10.1. The Morgan fingerprint density at radius 1 is 1.40 bits per heavy atom. The van der Waals surface area contributed by atoms with Gasteiger partial charge in [-0.15, -0.1) is 0 Å². The molecule has 3 atom stereocenters. The van der Waals surface area contributed by atoms with Crippen LogP contribution in [0, 0.1) is 5.92 Å². The predicted molar refractivity (Wildman–Crippen MR) is 69.0 cm³/mol. The van der Waals surface area contributed by atoms with E-state index in [-0.39, 0.29) is 12.6 Å². The van der Waals surface area contributed by atoms with E-state index in [1.54, 1.807) is 6.92 Å². The number of hydrogen-bond acceptors (Lipinski definition) is 2. The van der Waals surface area contributed by atoms with Gasteiger partial charge in [0, 0.05) is 11.5 Å². The monoisotopic (exact) mass is 280 g/mol. The molecular formula is C13H14F2N4O. The minimum absolute atomic E-state index is 0.101. The Hall–Kier alpha value is -2.14. The van der Waals surface area contributed by atoms with E-state index >= 15 is 0 Å². The highest BCUT2D eigenvalue weighted by Crippen LogP contribution is 2.33. The average molecular weight is 280 g/mol. The summed E-state index contributed by atoms with van der Waals surface area (Å²) in [6.45, 7) is 1.67. The van der Waals surface area contributed by atoms with Crippen LogP contribution in [0.15, 0.2) is 35.4 Å². The van der Waals surface area contributed by atoms with Gasteiger partial charge in [-0.25, -0.2) is 8.78 Å². The van der Waals surface area contributed by atoms with E-state index in [4.69, 9.17) is 5.53 Å². The lowest BCUT2D eigenvalue weighted by Crippen LogP contribution is -2.31. The van der Waals surface area contributed by atoms with E-state index < -0.39 is 24.3 Å². The van der Waals surface area contributed by atoms with Crippen LogP contribution in [-0.4, -0.2) is 29.8 Å². The number of alkyl halides is 2. The van der Waals surface area contributed by atoms with Gasteiger partial charge in [0.15, 0.2) is 0 Å². The van der Waals surface area contributed by atoms with Gasteiger partial charge in [-0.1, -0.05) is 35.4 Å². The van der Waals surface area contributed by atoms with Gasteiger partial charge in [0.05, 0.1) is 12.0 Å². The van der Waals surface area contributed by atoms with E-state index in [0.717, 1.165) is 5.56 Å². The Morgan fingerprint density at radius 3 is 2.60 bits per heavy atom. The summed E-state index contributed by atoms with van der Waals surface area (Å²) in [5.41, 5.74) is 9.29. The lowest BCUT2D eigenvalue weighted by molar-refractivity contribution is -0.130. The zero-order chi connectivity index (χ0) is 14.7. The largest absolute Gasteiger partial charge is 0.335 e. The first-order valence-corrected chi connectivity index (χ1v) is 6.24. The summed E-state index contributed by atoms with van der Waals surface area (Å²) < 4.78 is 25.9. The third-order valence-corrected chi connectivity index (χ3v) is 3.60. The van der Waals surface area contributed by atoms with E-state index in [0.29, 0.717) is 0 Å². The number of halogens is 2. The molecule has 0 saturated carbocycles. The van der Waals surface area contributed by atoms with Crippen LogP contribution in [0.3, 0.4) is 0 Å². The van der Waals surface area contributed by atoms with Gasteiger partial charge in [-0.3, -0.25) is 4.79 Å². The van der Waals surface area contributed by atoms with Crippen molar-refractivity contribution in [3.8, 4) is 0 Å². The second kappa shape index (κ2) is 5.88. The number of rotatable bonds is 4. The van der Waals surface area contributed by atoms with Crippen molar-refractivity contribution in [2.45, 2.75) is 25.4 Å². The van der Waals surface area contributed by atoms with Gasteiger partial charge >= 0.3 is 0 Å². The molecule has 1 fully saturated rings. The van der Waals surface area contributed by atoms with E-state index in [9.17, 15) is 13.6 Å². The smallest absolute Gasteiger partial charge is 0.244 e. The number of hydrogen-bond donors (Lipinski definition) is 0. The van der Waals surface area contributed by atoms with Crippen molar-refractivity contribution in [1.29, 1.82) is 0 Å². The van der Waals surface area contributed by atoms with E-state index in [1.807, 2.05) is 30.3 Å². The standard InChI is InChI=1S/C13H14F2N4O/c1-8(9-5-3-2-4-6-9)19-7-10(12(14)15)11(13(19)20)17-18-16/h2-6,8,10-12H,7H2,1H3/t8-,10?,11?/m1/s1. The fraction of sp³-hybridized carbons (Fsp3) is 0.462. The first-order valence-electron chi connectivity index (χ1n) is 6.24. The molecule has 1 heterocycles. The molecule has 0 spiro atoms. The maximum absolute atomic E-state index is 13.0. The van der Waals surface area contributed by atoms with Crippen LogP contribution in [0.4, 0.5) is 8.78 Å². The highest BCUT2D eigenvalue weighted by Gasteiger charge is 2.46. The SMILES string of the molecule is C[C@H](c1ccccc1)N1CC(C(F)F)C(N=[N+]=[N-])C1=O. The number of benzene rings is 1. The van der Waals surface area contributed by atoms with Crippen LogP contribution in [0.2, 0.25) is 0 Å². The molecule has 1 amide bonds. The quantitative estimate of drug-likeness (QED) is 0.474. The van der Waals surface area contributed by atoms with E-state index in [2.05, 4.69) is 10.0 Å². The Labute approximate surface area is 114 Å². The second-order valence-electron chi connectivity index (χ2n) is 4.73. The summed E-state index contributed by atoms with van der Waals surface area (Å²) in [4.78, 5) is 16.0. The molecule has 1 aromatic rings. The van der Waals surface area contributed by atoms with Crippen molar-refractivity contribution in [2.75, 3.05) is 6.54 Å². The average Bonchev–Trinajstić information content (AvgIpc) is 2.77. The lowest BCUT2D eigenvalue weighted by Gasteiger charge is -2.25. The molecule has 7 heteroatoms. The van der Waals surface area contributed by atoms with Gasteiger partial charge in [0.1, 0.15) is 6.04 Å². The number of azide groups is 1. The van der Waals surface area contributed by atoms with Crippen LogP contribution in [0.1, 0.15) is 18.5 Å². The van der Waals surface area contributed by atoms with Crippen molar-refractivity contribution >= 4 is 5.91 Å². The third kappa shape index (κ3) is 2.58. The number of carbonyl (C=O) groups excluding carboxylic acids is 1. The van der Waals surface area contributed by atoms with Crippen molar-refractivity contribution < 1.29 is 13.6 Å². The molecule has 1 aliphatic heterocycles. The van der Waals surface area contributed by atoms with Gasteiger partial charge < -0.3 is 4.90 Å². The van der Waals surface area contributed by atoms with Crippen LogP contribution >= 0.6 is 0 Å². The molecule has 106 valence electrons. The number of nitrogens with zero attached hydrogens (tertiary/aromatic N) is 4. The van der Waals surface area contributed by atoms with Crippen LogP contribution in [0.5, 0.6) is 0 Å². The zero-order valence-electron chi connectivity index (χ0n) is 10.9. The van der Waals surface area contributed by atoms with Gasteiger partial charge in [-0.2, -0.15) is 0 Å². The first-order chi connectivity index (χ1) is 9.56. The van der Waals surface area contributed by atoms with Crippen molar-refractivity contribution in [3.05, 3.63) is 46.3 Å². The summed E-state index contributed by atoms with van der Waals surface area (Å²) in [5, 5.41) is 3.24. The van der Waals surface area contributed by atoms with Crippen LogP contribution in [0.25, 0.3) is 10.4 Å². The first kappa shape index (κ1) is 14.3. The van der Waals surface area contributed by atoms with Crippen LogP contribution < -0.4 is 0 Å². The second-order valence-corrected chi connectivity index (χ2v) is 4.73. The topological polar surface area (TPSA) is 69.1 Å². The zero-order valence-corrected chi connectivity index (χ0v) is 10.9. The summed E-state index contributed by atoms with van der Waals surface area (Å²) in [7, 11) is 0. The van der Waals surface area contributed by atoms with E-state index in [1.165, 1.54) is 4.90 Å². The third-order valence-electron chi connectivity index (χ3n) is 3.60. The fourth-order valence-electron chi connectivity index (χ4n) is 2.44. The van der Waals surface area contributed by atoms with Gasteiger partial charge in [-0.05, 0) is 18.0 Å². The van der Waals surface area contributed by atoms with Gasteiger partial charge in [0.2, 0.25) is 12.3 Å². The normalized spacial score (nSPS) is 23.8. The summed E-state index contributed by atoms with van der Waals surface area (Å²) in [6.07, 6.45) is -2.69. The molecule has 2 rings (SSSR count). The number of likely N-dealkylation sites (tertiary alicyclic amines) is 1. The molecule has 1 aromatic carbocycles. The molecule has 20 heavy (non-hydrogen) atoms. The molecule has 1 aliphatic rings. The molecule has 0 aromatic heterocycles. The van der Waals surface area contributed by atoms with Crippen molar-refractivity contribution in [3.63, 3.8) is 0 Å². The molecule has 0 N–H and O–H groups in total. The minimum atomic E-state index is -2.69. The Morgan fingerprint density at radius 2 is 2.05 bits per heavy atom. The van der Waals surface area contributed by atoms with Crippen molar-refractivity contribution in [1.82, 2.24) is 4.90 Å². The minimum Gasteiger partial charge on any atom is -0.335 e. The number of carbonyl (C=O) groups is 1. The predicted octanol–water partition coefficient (Wildman–Crippen LogP) is 3.15. The van der Waals surface area contributed by atoms with Gasteiger partial charge in [0.25, 0.3) is 0 Å². The molecular weight excluding hydrogens is 266 g/mol. The Balaban J connectivity index is 2.25. The van der Waals surface area contributed by atoms with Crippen LogP contribution in [-0.2, 0) is 4.79 Å². The highest BCUT2D eigenvalue weighted by atomic mass is 19.3. The fourth-order valence-corrected chi connectivity index (χ4v) is 2.44. The summed E-state index contributed by atoms with van der Waals surface area (Å²) in [5.74, 6) is -1.78. The summed E-state index contributed by atoms with van der Waals surface area (Å²) in [6, 6.07) is 7.50. The summed E-state index contributed by atoms with van der Waals surface area (Å²) >= 11 is 0. The van der Waals surface area contributed by atoms with Crippen molar-refractivity contribution in [2.24, 2.45) is 11.0 Å². The number of amides is 1.